The maximum atomic E-state index is 13.0. The summed E-state index contributed by atoms with van der Waals surface area (Å²) in [6.45, 7) is 3.85. The molecule has 2 aliphatic rings. The minimum absolute atomic E-state index is 0. The van der Waals surface area contributed by atoms with Crippen LogP contribution in [0.1, 0.15) is 44.2 Å². The summed E-state index contributed by atoms with van der Waals surface area (Å²) >= 11 is 6.11. The summed E-state index contributed by atoms with van der Waals surface area (Å²) in [4.78, 5) is 27.2. The fourth-order valence-electron chi connectivity index (χ4n) is 3.81. The van der Waals surface area contributed by atoms with Crippen LogP contribution in [-0.4, -0.2) is 42.4 Å². The number of rotatable bonds is 4. The molecule has 144 valence electrons. The highest BCUT2D eigenvalue weighted by Gasteiger charge is 2.32. The predicted molar refractivity (Wildman–Crippen MR) is 106 cm³/mol. The minimum atomic E-state index is -0.507. The van der Waals surface area contributed by atoms with Crippen molar-refractivity contribution in [3.8, 4) is 0 Å². The molecule has 26 heavy (non-hydrogen) atoms. The standard InChI is InChI=1S/C19H26ClN3O2.ClH/c1-13(22-18(24)14-5-2-3-6-14)19(25)23-10-9-21-12-17(23)15-7-4-8-16(20)11-15;/h4,7-8,11,13-14,17,21H,2-3,5-6,9-10,12H2,1H3,(H,22,24);1H. The lowest BCUT2D eigenvalue weighted by Gasteiger charge is -2.38. The quantitative estimate of drug-likeness (QED) is 0.817. The van der Waals surface area contributed by atoms with Gasteiger partial charge < -0.3 is 15.5 Å². The van der Waals surface area contributed by atoms with Crippen molar-refractivity contribution < 1.29 is 9.59 Å². The minimum Gasteiger partial charge on any atom is -0.344 e. The molecule has 1 saturated heterocycles. The highest BCUT2D eigenvalue weighted by atomic mass is 35.5. The molecule has 2 amide bonds. The van der Waals surface area contributed by atoms with E-state index in [1.54, 1.807) is 6.92 Å². The van der Waals surface area contributed by atoms with Crippen molar-refractivity contribution in [2.24, 2.45) is 5.92 Å². The molecule has 1 saturated carbocycles. The maximum Gasteiger partial charge on any atom is 0.245 e. The second kappa shape index (κ2) is 9.58. The average Bonchev–Trinajstić information content (AvgIpc) is 3.16. The zero-order valence-corrected chi connectivity index (χ0v) is 16.6. The first-order valence-electron chi connectivity index (χ1n) is 9.13. The number of hydrogen-bond acceptors (Lipinski definition) is 3. The molecule has 0 spiro atoms. The largest absolute Gasteiger partial charge is 0.344 e. The number of amides is 2. The summed E-state index contributed by atoms with van der Waals surface area (Å²) in [5.74, 6) is 0.0626. The van der Waals surface area contributed by atoms with Gasteiger partial charge >= 0.3 is 0 Å². The normalized spacial score (nSPS) is 21.8. The van der Waals surface area contributed by atoms with Crippen LogP contribution in [0.15, 0.2) is 24.3 Å². The number of nitrogens with one attached hydrogen (secondary N) is 2. The Hall–Kier alpha value is -1.30. The molecule has 7 heteroatoms. The van der Waals surface area contributed by atoms with Gasteiger partial charge in [0.25, 0.3) is 0 Å². The van der Waals surface area contributed by atoms with Gasteiger partial charge in [-0.3, -0.25) is 9.59 Å². The lowest BCUT2D eigenvalue weighted by molar-refractivity contribution is -0.139. The molecular weight excluding hydrogens is 373 g/mol. The van der Waals surface area contributed by atoms with Gasteiger partial charge in [-0.2, -0.15) is 0 Å². The molecule has 2 N–H and O–H groups in total. The first-order valence-corrected chi connectivity index (χ1v) is 9.51. The van der Waals surface area contributed by atoms with E-state index in [9.17, 15) is 9.59 Å². The van der Waals surface area contributed by atoms with Crippen LogP contribution in [0.4, 0.5) is 0 Å². The maximum absolute atomic E-state index is 13.0. The fourth-order valence-corrected chi connectivity index (χ4v) is 4.01. The van der Waals surface area contributed by atoms with Crippen molar-refractivity contribution in [3.63, 3.8) is 0 Å². The Morgan fingerprint density at radius 1 is 1.31 bits per heavy atom. The van der Waals surface area contributed by atoms with Crippen LogP contribution in [0, 0.1) is 5.92 Å². The second-order valence-electron chi connectivity index (χ2n) is 7.02. The van der Waals surface area contributed by atoms with Crippen molar-refractivity contribution in [2.45, 2.75) is 44.7 Å². The summed E-state index contributed by atoms with van der Waals surface area (Å²) in [5, 5.41) is 6.93. The van der Waals surface area contributed by atoms with Crippen molar-refractivity contribution in [1.82, 2.24) is 15.5 Å². The molecule has 1 heterocycles. The molecule has 3 rings (SSSR count). The fraction of sp³-hybridized carbons (Fsp3) is 0.579. The Kier molecular flexibility index (Phi) is 7.74. The van der Waals surface area contributed by atoms with Crippen LogP contribution in [-0.2, 0) is 9.59 Å². The highest BCUT2D eigenvalue weighted by molar-refractivity contribution is 6.30. The Morgan fingerprint density at radius 2 is 2.04 bits per heavy atom. The van der Waals surface area contributed by atoms with Crippen molar-refractivity contribution >= 4 is 35.8 Å². The van der Waals surface area contributed by atoms with E-state index in [1.165, 1.54) is 0 Å². The average molecular weight is 400 g/mol. The van der Waals surface area contributed by atoms with Crippen LogP contribution >= 0.6 is 24.0 Å². The van der Waals surface area contributed by atoms with Gasteiger partial charge in [-0.1, -0.05) is 36.6 Å². The van der Waals surface area contributed by atoms with Gasteiger partial charge in [0.2, 0.25) is 11.8 Å². The van der Waals surface area contributed by atoms with E-state index in [2.05, 4.69) is 10.6 Å². The van der Waals surface area contributed by atoms with E-state index >= 15 is 0 Å². The monoisotopic (exact) mass is 399 g/mol. The number of benzene rings is 1. The molecule has 2 unspecified atom stereocenters. The summed E-state index contributed by atoms with van der Waals surface area (Å²) in [6.07, 6.45) is 4.08. The Bertz CT molecular complexity index is 635. The Labute approximate surface area is 166 Å². The van der Waals surface area contributed by atoms with Crippen molar-refractivity contribution in [2.75, 3.05) is 19.6 Å². The third kappa shape index (κ3) is 4.90. The molecule has 0 radical (unpaired) electrons. The van der Waals surface area contributed by atoms with Crippen LogP contribution < -0.4 is 10.6 Å². The number of nitrogens with zero attached hydrogens (tertiary/aromatic N) is 1. The Morgan fingerprint density at radius 3 is 2.73 bits per heavy atom. The number of hydrogen-bond donors (Lipinski definition) is 2. The topological polar surface area (TPSA) is 61.4 Å². The van der Waals surface area contributed by atoms with E-state index in [0.29, 0.717) is 18.1 Å². The first-order chi connectivity index (χ1) is 12.1. The van der Waals surface area contributed by atoms with Crippen LogP contribution in [0.5, 0.6) is 0 Å². The Balaban J connectivity index is 0.00000243. The zero-order valence-electron chi connectivity index (χ0n) is 15.0. The van der Waals surface area contributed by atoms with E-state index in [0.717, 1.165) is 37.8 Å². The van der Waals surface area contributed by atoms with Gasteiger partial charge in [-0.15, -0.1) is 12.4 Å². The molecule has 1 aliphatic heterocycles. The molecule has 2 atom stereocenters. The van der Waals surface area contributed by atoms with E-state index in [4.69, 9.17) is 11.6 Å². The third-order valence-electron chi connectivity index (χ3n) is 5.22. The second-order valence-corrected chi connectivity index (χ2v) is 7.45. The van der Waals surface area contributed by atoms with Crippen LogP contribution in [0.2, 0.25) is 5.02 Å². The lowest BCUT2D eigenvalue weighted by Crippen LogP contribution is -2.54. The number of halogens is 2. The summed E-state index contributed by atoms with van der Waals surface area (Å²) < 4.78 is 0. The number of piperazine rings is 1. The molecule has 1 aromatic rings. The summed E-state index contributed by atoms with van der Waals surface area (Å²) in [6, 6.07) is 7.06. The first kappa shape index (κ1) is 21.0. The van der Waals surface area contributed by atoms with Gasteiger partial charge in [0.15, 0.2) is 0 Å². The van der Waals surface area contributed by atoms with Gasteiger partial charge in [-0.05, 0) is 37.5 Å². The van der Waals surface area contributed by atoms with E-state index < -0.39 is 6.04 Å². The molecule has 1 aromatic carbocycles. The lowest BCUT2D eigenvalue weighted by atomic mass is 10.0. The van der Waals surface area contributed by atoms with Crippen molar-refractivity contribution in [1.29, 1.82) is 0 Å². The van der Waals surface area contributed by atoms with Gasteiger partial charge in [0, 0.05) is 30.6 Å². The van der Waals surface area contributed by atoms with Gasteiger partial charge in [-0.25, -0.2) is 0 Å². The molecule has 5 nitrogen and oxygen atoms in total. The molecular formula is C19H27Cl2N3O2. The SMILES string of the molecule is CC(NC(=O)C1CCCC1)C(=O)N1CCNCC1c1cccc(Cl)c1.Cl. The molecule has 0 aromatic heterocycles. The van der Waals surface area contributed by atoms with Crippen molar-refractivity contribution in [3.05, 3.63) is 34.9 Å². The predicted octanol–water partition coefficient (Wildman–Crippen LogP) is 2.93. The third-order valence-corrected chi connectivity index (χ3v) is 5.45. The zero-order chi connectivity index (χ0) is 17.8. The molecule has 1 aliphatic carbocycles. The summed E-state index contributed by atoms with van der Waals surface area (Å²) in [7, 11) is 0. The van der Waals surface area contributed by atoms with E-state index in [1.807, 2.05) is 29.2 Å². The smallest absolute Gasteiger partial charge is 0.245 e. The number of carbonyl (C=O) groups is 2. The summed E-state index contributed by atoms with van der Waals surface area (Å²) in [5.41, 5.74) is 1.02. The highest BCUT2D eigenvalue weighted by Crippen LogP contribution is 2.26. The van der Waals surface area contributed by atoms with Gasteiger partial charge in [0.05, 0.1) is 6.04 Å². The van der Waals surface area contributed by atoms with E-state index in [-0.39, 0.29) is 36.2 Å². The van der Waals surface area contributed by atoms with Crippen LogP contribution in [0.25, 0.3) is 0 Å². The van der Waals surface area contributed by atoms with Gasteiger partial charge in [0.1, 0.15) is 6.04 Å². The molecule has 2 fully saturated rings. The van der Waals surface area contributed by atoms with Crippen LogP contribution in [0.3, 0.4) is 0 Å². The number of carbonyl (C=O) groups excluding carboxylic acids is 2. The molecule has 0 bridgehead atoms.